The monoisotopic (exact) mass is 218 g/mol. The molecule has 0 amide bonds. The van der Waals surface area contributed by atoms with Gasteiger partial charge in [-0.2, -0.15) is 0 Å². The Morgan fingerprint density at radius 1 is 1.44 bits per heavy atom. The second kappa shape index (κ2) is 6.58. The van der Waals surface area contributed by atoms with E-state index in [1.807, 2.05) is 30.3 Å². The predicted molar refractivity (Wildman–Crippen MR) is 63.0 cm³/mol. The van der Waals surface area contributed by atoms with Gasteiger partial charge in [-0.25, -0.2) is 4.79 Å². The van der Waals surface area contributed by atoms with Crippen LogP contribution in [0.3, 0.4) is 0 Å². The molecule has 3 heteroatoms. The van der Waals surface area contributed by atoms with E-state index in [1.165, 1.54) is 12.2 Å². The van der Waals surface area contributed by atoms with Gasteiger partial charge in [0.2, 0.25) is 0 Å². The summed E-state index contributed by atoms with van der Waals surface area (Å²) in [5.41, 5.74) is 0.941. The molecule has 0 heterocycles. The van der Waals surface area contributed by atoms with Crippen molar-refractivity contribution in [3.8, 4) is 0 Å². The van der Waals surface area contributed by atoms with Crippen molar-refractivity contribution in [1.29, 1.82) is 0 Å². The van der Waals surface area contributed by atoms with Crippen LogP contribution in [-0.4, -0.2) is 23.8 Å². The number of hydrogen-bond acceptors (Lipinski definition) is 2. The average Bonchev–Trinajstić information content (AvgIpc) is 2.30. The first kappa shape index (κ1) is 12.2. The van der Waals surface area contributed by atoms with Gasteiger partial charge in [0.05, 0.1) is 6.61 Å². The van der Waals surface area contributed by atoms with Crippen molar-refractivity contribution in [1.82, 2.24) is 0 Å². The van der Waals surface area contributed by atoms with E-state index in [1.54, 1.807) is 6.08 Å². The SMILES string of the molecule is C=CCOC(/C=C/c1ccccc1)C(=O)O. The number of hydrogen-bond donors (Lipinski definition) is 1. The zero-order valence-electron chi connectivity index (χ0n) is 8.87. The van der Waals surface area contributed by atoms with Crippen LogP contribution in [0.4, 0.5) is 0 Å². The van der Waals surface area contributed by atoms with Crippen LogP contribution in [-0.2, 0) is 9.53 Å². The van der Waals surface area contributed by atoms with Gasteiger partial charge in [-0.05, 0) is 11.6 Å². The molecule has 16 heavy (non-hydrogen) atoms. The quantitative estimate of drug-likeness (QED) is 0.745. The first-order chi connectivity index (χ1) is 7.74. The molecule has 0 radical (unpaired) electrons. The molecule has 1 N–H and O–H groups in total. The third-order valence-corrected chi connectivity index (χ3v) is 1.90. The molecular weight excluding hydrogens is 204 g/mol. The summed E-state index contributed by atoms with van der Waals surface area (Å²) in [6.07, 6.45) is 3.83. The fourth-order valence-electron chi connectivity index (χ4n) is 1.14. The Morgan fingerprint density at radius 2 is 2.12 bits per heavy atom. The van der Waals surface area contributed by atoms with Gasteiger partial charge in [-0.1, -0.05) is 42.5 Å². The number of rotatable bonds is 6. The molecule has 0 spiro atoms. The minimum absolute atomic E-state index is 0.218. The molecule has 0 aliphatic carbocycles. The second-order valence-corrected chi connectivity index (χ2v) is 3.15. The maximum Gasteiger partial charge on any atom is 0.336 e. The van der Waals surface area contributed by atoms with Crippen molar-refractivity contribution in [2.24, 2.45) is 0 Å². The lowest BCUT2D eigenvalue weighted by Crippen LogP contribution is -2.21. The first-order valence-electron chi connectivity index (χ1n) is 4.92. The Hall–Kier alpha value is -1.87. The van der Waals surface area contributed by atoms with E-state index >= 15 is 0 Å². The van der Waals surface area contributed by atoms with Crippen LogP contribution < -0.4 is 0 Å². The summed E-state index contributed by atoms with van der Waals surface area (Å²) in [5.74, 6) is -1.01. The summed E-state index contributed by atoms with van der Waals surface area (Å²) in [7, 11) is 0. The average molecular weight is 218 g/mol. The molecular formula is C13H14O3. The lowest BCUT2D eigenvalue weighted by atomic mass is 10.2. The smallest absolute Gasteiger partial charge is 0.336 e. The molecule has 1 unspecified atom stereocenters. The third kappa shape index (κ3) is 4.11. The van der Waals surface area contributed by atoms with E-state index in [-0.39, 0.29) is 6.61 Å². The molecule has 0 saturated carbocycles. The molecule has 3 nitrogen and oxygen atoms in total. The van der Waals surface area contributed by atoms with Crippen molar-refractivity contribution in [2.45, 2.75) is 6.10 Å². The highest BCUT2D eigenvalue weighted by Crippen LogP contribution is 2.04. The highest BCUT2D eigenvalue weighted by molar-refractivity contribution is 5.76. The molecule has 0 fully saturated rings. The Morgan fingerprint density at radius 3 is 2.69 bits per heavy atom. The Labute approximate surface area is 94.7 Å². The van der Waals surface area contributed by atoms with Gasteiger partial charge in [-0.15, -0.1) is 6.58 Å². The molecule has 1 aromatic carbocycles. The van der Waals surface area contributed by atoms with Crippen LogP contribution in [0.25, 0.3) is 6.08 Å². The maximum absolute atomic E-state index is 10.8. The van der Waals surface area contributed by atoms with Gasteiger partial charge < -0.3 is 9.84 Å². The van der Waals surface area contributed by atoms with Crippen LogP contribution in [0.5, 0.6) is 0 Å². The minimum atomic E-state index is -1.01. The highest BCUT2D eigenvalue weighted by Gasteiger charge is 2.12. The van der Waals surface area contributed by atoms with Crippen LogP contribution in [0.15, 0.2) is 49.1 Å². The Bertz CT molecular complexity index is 368. The van der Waals surface area contributed by atoms with E-state index in [9.17, 15) is 4.79 Å². The highest BCUT2D eigenvalue weighted by atomic mass is 16.5. The molecule has 1 rings (SSSR count). The summed E-state index contributed by atoms with van der Waals surface area (Å²) < 4.78 is 5.07. The number of benzene rings is 1. The number of aliphatic carboxylic acids is 1. The second-order valence-electron chi connectivity index (χ2n) is 3.15. The third-order valence-electron chi connectivity index (χ3n) is 1.90. The maximum atomic E-state index is 10.8. The number of ether oxygens (including phenoxy) is 1. The molecule has 84 valence electrons. The lowest BCUT2D eigenvalue weighted by Gasteiger charge is -2.06. The van der Waals surface area contributed by atoms with Gasteiger partial charge in [0.25, 0.3) is 0 Å². The molecule has 0 saturated heterocycles. The molecule has 0 aliphatic rings. The van der Waals surface area contributed by atoms with Gasteiger partial charge in [0.15, 0.2) is 6.10 Å². The van der Waals surface area contributed by atoms with Gasteiger partial charge >= 0.3 is 5.97 Å². The van der Waals surface area contributed by atoms with Gasteiger partial charge in [0, 0.05) is 0 Å². The van der Waals surface area contributed by atoms with E-state index < -0.39 is 12.1 Å². The standard InChI is InChI=1S/C13H14O3/c1-2-10-16-12(13(14)15)9-8-11-6-4-3-5-7-11/h2-9,12H,1,10H2,(H,14,15)/b9-8+. The van der Waals surface area contributed by atoms with Crippen molar-refractivity contribution in [3.63, 3.8) is 0 Å². The molecule has 0 aliphatic heterocycles. The van der Waals surface area contributed by atoms with Gasteiger partial charge in [0.1, 0.15) is 0 Å². The molecule has 1 aromatic rings. The van der Waals surface area contributed by atoms with Crippen molar-refractivity contribution in [2.75, 3.05) is 6.61 Å². The fraction of sp³-hybridized carbons (Fsp3) is 0.154. The predicted octanol–water partition coefficient (Wildman–Crippen LogP) is 2.36. The summed E-state index contributed by atoms with van der Waals surface area (Å²) in [5, 5.41) is 8.87. The molecule has 0 aromatic heterocycles. The zero-order chi connectivity index (χ0) is 11.8. The van der Waals surface area contributed by atoms with Crippen LogP contribution in [0, 0.1) is 0 Å². The van der Waals surface area contributed by atoms with E-state index in [0.717, 1.165) is 5.56 Å². The van der Waals surface area contributed by atoms with Crippen molar-refractivity contribution >= 4 is 12.0 Å². The number of carboxylic acid groups (broad SMARTS) is 1. The van der Waals surface area contributed by atoms with Crippen molar-refractivity contribution in [3.05, 3.63) is 54.6 Å². The van der Waals surface area contributed by atoms with E-state index in [4.69, 9.17) is 9.84 Å². The topological polar surface area (TPSA) is 46.5 Å². The van der Waals surface area contributed by atoms with E-state index in [0.29, 0.717) is 0 Å². The summed E-state index contributed by atoms with van der Waals surface area (Å²) >= 11 is 0. The first-order valence-corrected chi connectivity index (χ1v) is 4.92. The summed E-state index contributed by atoms with van der Waals surface area (Å²) in [6, 6.07) is 9.46. The number of carbonyl (C=O) groups is 1. The Balaban J connectivity index is 2.64. The summed E-state index contributed by atoms with van der Waals surface area (Å²) in [4.78, 5) is 10.8. The lowest BCUT2D eigenvalue weighted by molar-refractivity contribution is -0.146. The largest absolute Gasteiger partial charge is 0.479 e. The van der Waals surface area contributed by atoms with Gasteiger partial charge in [-0.3, -0.25) is 0 Å². The number of carboxylic acids is 1. The normalized spacial score (nSPS) is 12.5. The minimum Gasteiger partial charge on any atom is -0.479 e. The van der Waals surface area contributed by atoms with E-state index in [2.05, 4.69) is 6.58 Å². The fourth-order valence-corrected chi connectivity index (χ4v) is 1.14. The zero-order valence-corrected chi connectivity index (χ0v) is 8.87. The van der Waals surface area contributed by atoms with Crippen molar-refractivity contribution < 1.29 is 14.6 Å². The van der Waals surface area contributed by atoms with Crippen LogP contribution in [0.2, 0.25) is 0 Å². The van der Waals surface area contributed by atoms with Crippen LogP contribution >= 0.6 is 0 Å². The Kier molecular flexibility index (Phi) is 5.02. The van der Waals surface area contributed by atoms with Crippen LogP contribution in [0.1, 0.15) is 5.56 Å². The summed E-state index contributed by atoms with van der Waals surface area (Å²) in [6.45, 7) is 3.69. The molecule has 0 bridgehead atoms. The molecule has 1 atom stereocenters.